The topological polar surface area (TPSA) is 65.2 Å². The van der Waals surface area contributed by atoms with Crippen LogP contribution in [0.1, 0.15) is 45.5 Å². The number of ketones is 1. The zero-order valence-corrected chi connectivity index (χ0v) is 11.4. The average Bonchev–Trinajstić information content (AvgIpc) is 2.74. The van der Waals surface area contributed by atoms with Crippen molar-refractivity contribution in [3.05, 3.63) is 11.7 Å². The summed E-state index contributed by atoms with van der Waals surface area (Å²) in [6.45, 7) is 7.85. The van der Waals surface area contributed by atoms with Gasteiger partial charge in [0.25, 0.3) is 0 Å². The molecule has 0 amide bonds. The van der Waals surface area contributed by atoms with Gasteiger partial charge in [0.1, 0.15) is 11.9 Å². The Morgan fingerprint density at radius 3 is 2.82 bits per heavy atom. The normalized spacial score (nSPS) is 14.6. The van der Waals surface area contributed by atoms with E-state index in [0.717, 1.165) is 0 Å². The molecule has 6 heteroatoms. The highest BCUT2D eigenvalue weighted by molar-refractivity contribution is 7.99. The first kappa shape index (κ1) is 14.2. The second kappa shape index (κ2) is 6.76. The van der Waals surface area contributed by atoms with Crippen LogP contribution in [0.25, 0.3) is 0 Å². The molecule has 0 spiro atoms. The zero-order chi connectivity index (χ0) is 12.8. The van der Waals surface area contributed by atoms with Gasteiger partial charge in [0, 0.05) is 6.61 Å². The fourth-order valence-corrected chi connectivity index (χ4v) is 1.87. The zero-order valence-electron chi connectivity index (χ0n) is 10.6. The Hall–Kier alpha value is -0.880. The predicted octanol–water partition coefficient (Wildman–Crippen LogP) is 2.38. The maximum atomic E-state index is 11.1. The molecule has 0 unspecified atom stereocenters. The van der Waals surface area contributed by atoms with E-state index in [1.54, 1.807) is 6.92 Å². The maximum absolute atomic E-state index is 11.1. The number of carbonyl (C=O) groups is 1. The summed E-state index contributed by atoms with van der Waals surface area (Å²) in [5, 5.41) is 3.80. The Labute approximate surface area is 105 Å². The van der Waals surface area contributed by atoms with Gasteiger partial charge < -0.3 is 9.26 Å². The molecule has 0 aromatic carbocycles. The summed E-state index contributed by atoms with van der Waals surface area (Å²) in [5.41, 5.74) is 0. The Kier molecular flexibility index (Phi) is 5.64. The van der Waals surface area contributed by atoms with Crippen molar-refractivity contribution in [1.29, 1.82) is 0 Å². The SMILES string of the molecule is CCO[C@H](C)c1noc(CS[C@@H](C)C(C)=O)n1. The van der Waals surface area contributed by atoms with E-state index >= 15 is 0 Å². The molecule has 0 aliphatic rings. The molecule has 1 rings (SSSR count). The van der Waals surface area contributed by atoms with Gasteiger partial charge in [0.2, 0.25) is 5.89 Å². The van der Waals surface area contributed by atoms with Gasteiger partial charge in [-0.25, -0.2) is 0 Å². The summed E-state index contributed by atoms with van der Waals surface area (Å²) in [6, 6.07) is 0. The second-order valence-corrected chi connectivity index (χ2v) is 5.04. The Morgan fingerprint density at radius 1 is 1.53 bits per heavy atom. The van der Waals surface area contributed by atoms with Crippen molar-refractivity contribution in [1.82, 2.24) is 10.1 Å². The highest BCUT2D eigenvalue weighted by atomic mass is 32.2. The average molecular weight is 258 g/mol. The number of aromatic nitrogens is 2. The van der Waals surface area contributed by atoms with Crippen LogP contribution in [-0.2, 0) is 15.3 Å². The Bertz CT molecular complexity index is 367. The lowest BCUT2D eigenvalue weighted by molar-refractivity contribution is -0.116. The molecule has 17 heavy (non-hydrogen) atoms. The molecule has 2 atom stereocenters. The number of carbonyl (C=O) groups excluding carboxylic acids is 1. The van der Waals surface area contributed by atoms with Crippen molar-refractivity contribution in [3.63, 3.8) is 0 Å². The van der Waals surface area contributed by atoms with E-state index in [1.165, 1.54) is 11.8 Å². The minimum Gasteiger partial charge on any atom is -0.371 e. The minimum atomic E-state index is -0.160. The number of ether oxygens (including phenoxy) is 1. The van der Waals surface area contributed by atoms with Crippen molar-refractivity contribution in [2.45, 2.75) is 44.8 Å². The lowest BCUT2D eigenvalue weighted by atomic mass is 10.3. The van der Waals surface area contributed by atoms with E-state index in [0.29, 0.717) is 24.1 Å². The molecular formula is C11H18N2O3S. The minimum absolute atomic E-state index is 0.0466. The Balaban J connectivity index is 2.48. The van der Waals surface area contributed by atoms with Crippen molar-refractivity contribution >= 4 is 17.5 Å². The monoisotopic (exact) mass is 258 g/mol. The summed E-state index contributed by atoms with van der Waals surface area (Å²) < 4.78 is 10.4. The maximum Gasteiger partial charge on any atom is 0.236 e. The van der Waals surface area contributed by atoms with Crippen LogP contribution in [0.15, 0.2) is 4.52 Å². The molecule has 0 aliphatic heterocycles. The number of rotatable bonds is 7. The summed E-state index contributed by atoms with van der Waals surface area (Å²) in [6.07, 6.45) is -0.160. The summed E-state index contributed by atoms with van der Waals surface area (Å²) in [7, 11) is 0. The molecule has 0 saturated heterocycles. The van der Waals surface area contributed by atoms with Gasteiger partial charge in [-0.1, -0.05) is 5.16 Å². The first-order valence-electron chi connectivity index (χ1n) is 5.60. The van der Waals surface area contributed by atoms with Crippen LogP contribution < -0.4 is 0 Å². The largest absolute Gasteiger partial charge is 0.371 e. The summed E-state index contributed by atoms with van der Waals surface area (Å²) in [5.74, 6) is 1.78. The lowest BCUT2D eigenvalue weighted by Crippen LogP contribution is -2.08. The smallest absolute Gasteiger partial charge is 0.236 e. The molecule has 96 valence electrons. The first-order chi connectivity index (χ1) is 8.04. The van der Waals surface area contributed by atoms with Gasteiger partial charge in [-0.3, -0.25) is 4.79 Å². The summed E-state index contributed by atoms with van der Waals surface area (Å²) >= 11 is 1.49. The van der Waals surface area contributed by atoms with E-state index in [2.05, 4.69) is 10.1 Å². The molecule has 1 aromatic rings. The highest BCUT2D eigenvalue weighted by Gasteiger charge is 2.15. The molecule has 5 nitrogen and oxygen atoms in total. The van der Waals surface area contributed by atoms with Crippen molar-refractivity contribution in [3.8, 4) is 0 Å². The number of hydrogen-bond acceptors (Lipinski definition) is 6. The number of Topliss-reactive ketones (excluding diaryl/α,β-unsaturated/α-hetero) is 1. The fraction of sp³-hybridized carbons (Fsp3) is 0.727. The molecule has 0 radical (unpaired) electrons. The van der Waals surface area contributed by atoms with Gasteiger partial charge in [0.05, 0.1) is 11.0 Å². The van der Waals surface area contributed by atoms with Crippen molar-refractivity contribution in [2.75, 3.05) is 6.61 Å². The van der Waals surface area contributed by atoms with Gasteiger partial charge >= 0.3 is 0 Å². The third-order valence-corrected chi connectivity index (χ3v) is 3.54. The van der Waals surface area contributed by atoms with Crippen LogP contribution in [0.2, 0.25) is 0 Å². The molecule has 0 fully saturated rings. The number of thioether (sulfide) groups is 1. The van der Waals surface area contributed by atoms with Gasteiger partial charge in [-0.15, -0.1) is 11.8 Å². The standard InChI is InChI=1S/C11H18N2O3S/c1-5-15-8(3)11-12-10(16-13-11)6-17-9(4)7(2)14/h8-9H,5-6H2,1-4H3/t8-,9+/m1/s1. The van der Waals surface area contributed by atoms with Gasteiger partial charge in [0.15, 0.2) is 5.82 Å². The lowest BCUT2D eigenvalue weighted by Gasteiger charge is -2.05. The van der Waals surface area contributed by atoms with Crippen LogP contribution >= 0.6 is 11.8 Å². The van der Waals surface area contributed by atoms with Crippen LogP contribution in [0.5, 0.6) is 0 Å². The number of hydrogen-bond donors (Lipinski definition) is 0. The van der Waals surface area contributed by atoms with Crippen LogP contribution in [0.4, 0.5) is 0 Å². The third-order valence-electron chi connectivity index (χ3n) is 2.29. The molecule has 0 bridgehead atoms. The molecule has 0 aliphatic carbocycles. The van der Waals surface area contributed by atoms with Crippen molar-refractivity contribution in [2.24, 2.45) is 0 Å². The quantitative estimate of drug-likeness (QED) is 0.748. The number of nitrogens with zero attached hydrogens (tertiary/aromatic N) is 2. The van der Waals surface area contributed by atoms with E-state index in [4.69, 9.17) is 9.26 Å². The molecule has 0 N–H and O–H groups in total. The van der Waals surface area contributed by atoms with Gasteiger partial charge in [-0.2, -0.15) is 4.98 Å². The molecule has 0 saturated carbocycles. The predicted molar refractivity (Wildman–Crippen MR) is 65.8 cm³/mol. The molecule has 1 heterocycles. The van der Waals surface area contributed by atoms with E-state index in [9.17, 15) is 4.79 Å². The second-order valence-electron chi connectivity index (χ2n) is 3.71. The third kappa shape index (κ3) is 4.47. The van der Waals surface area contributed by atoms with E-state index in [-0.39, 0.29) is 17.1 Å². The van der Waals surface area contributed by atoms with Crippen LogP contribution in [0.3, 0.4) is 0 Å². The summed E-state index contributed by atoms with van der Waals surface area (Å²) in [4.78, 5) is 15.3. The van der Waals surface area contributed by atoms with Crippen molar-refractivity contribution < 1.29 is 14.1 Å². The molecular weight excluding hydrogens is 240 g/mol. The first-order valence-corrected chi connectivity index (χ1v) is 6.65. The van der Waals surface area contributed by atoms with E-state index in [1.807, 2.05) is 20.8 Å². The fourth-order valence-electron chi connectivity index (χ4n) is 1.13. The van der Waals surface area contributed by atoms with Crippen LogP contribution in [0, 0.1) is 0 Å². The van der Waals surface area contributed by atoms with Crippen LogP contribution in [-0.4, -0.2) is 27.8 Å². The molecule has 1 aromatic heterocycles. The Morgan fingerprint density at radius 2 is 2.24 bits per heavy atom. The van der Waals surface area contributed by atoms with E-state index < -0.39 is 0 Å². The van der Waals surface area contributed by atoms with Gasteiger partial charge in [-0.05, 0) is 27.7 Å². The highest BCUT2D eigenvalue weighted by Crippen LogP contribution is 2.19.